The summed E-state index contributed by atoms with van der Waals surface area (Å²) in [5.41, 5.74) is 0.464. The fourth-order valence-corrected chi connectivity index (χ4v) is 6.67. The lowest BCUT2D eigenvalue weighted by Gasteiger charge is -2.18. The van der Waals surface area contributed by atoms with E-state index in [9.17, 15) is 16.8 Å². The number of sulfone groups is 1. The van der Waals surface area contributed by atoms with E-state index in [4.69, 9.17) is 16.0 Å². The maximum absolute atomic E-state index is 12.9. The standard InChI is InChI=1S/C16H18ClNO5S2/c1-12-15(17)5-2-6-16(12)25(21,22)18-8-7-14(10-18)24(19,20)11-13-4-3-9-23-13/h2-6,9,14H,7-8,10-11H2,1H3/t14-/m0/s1. The average Bonchev–Trinajstić information content (AvgIpc) is 3.21. The predicted octanol–water partition coefficient (Wildman–Crippen LogP) is 2.62. The van der Waals surface area contributed by atoms with Crippen LogP contribution in [0.25, 0.3) is 0 Å². The fraction of sp³-hybridized carbons (Fsp3) is 0.375. The molecule has 0 spiro atoms. The molecule has 0 saturated carbocycles. The van der Waals surface area contributed by atoms with Crippen molar-refractivity contribution in [1.29, 1.82) is 0 Å². The number of furan rings is 1. The zero-order chi connectivity index (χ0) is 18.2. The molecule has 9 heteroatoms. The molecule has 3 rings (SSSR count). The van der Waals surface area contributed by atoms with Gasteiger partial charge in [0.25, 0.3) is 0 Å². The maximum atomic E-state index is 12.9. The molecule has 0 unspecified atom stereocenters. The van der Waals surface area contributed by atoms with Crippen LogP contribution in [-0.2, 0) is 25.6 Å². The van der Waals surface area contributed by atoms with E-state index in [2.05, 4.69) is 0 Å². The van der Waals surface area contributed by atoms with Gasteiger partial charge in [0.2, 0.25) is 10.0 Å². The van der Waals surface area contributed by atoms with Gasteiger partial charge in [0.15, 0.2) is 9.84 Å². The molecule has 1 atom stereocenters. The molecule has 25 heavy (non-hydrogen) atoms. The summed E-state index contributed by atoms with van der Waals surface area (Å²) >= 11 is 6.02. The van der Waals surface area contributed by atoms with Crippen LogP contribution in [0.4, 0.5) is 0 Å². The summed E-state index contributed by atoms with van der Waals surface area (Å²) in [4.78, 5) is 0.115. The van der Waals surface area contributed by atoms with Crippen molar-refractivity contribution in [3.63, 3.8) is 0 Å². The minimum atomic E-state index is -3.79. The van der Waals surface area contributed by atoms with Gasteiger partial charge < -0.3 is 4.42 Å². The first kappa shape index (κ1) is 18.4. The normalized spacial score (nSPS) is 19.4. The smallest absolute Gasteiger partial charge is 0.243 e. The Morgan fingerprint density at radius 1 is 1.20 bits per heavy atom. The minimum Gasteiger partial charge on any atom is -0.468 e. The molecule has 6 nitrogen and oxygen atoms in total. The molecular formula is C16H18ClNO5S2. The Labute approximate surface area is 152 Å². The van der Waals surface area contributed by atoms with Crippen molar-refractivity contribution in [3.8, 4) is 0 Å². The highest BCUT2D eigenvalue weighted by Crippen LogP contribution is 2.30. The Balaban J connectivity index is 1.81. The molecule has 1 aliphatic heterocycles. The highest BCUT2D eigenvalue weighted by atomic mass is 35.5. The van der Waals surface area contributed by atoms with E-state index in [1.54, 1.807) is 31.2 Å². The summed E-state index contributed by atoms with van der Waals surface area (Å²) in [6.45, 7) is 1.74. The number of halogens is 1. The summed E-state index contributed by atoms with van der Waals surface area (Å²) in [5.74, 6) is 0.126. The first-order valence-corrected chi connectivity index (χ1v) is 11.2. The first-order chi connectivity index (χ1) is 11.7. The monoisotopic (exact) mass is 403 g/mol. The third-order valence-electron chi connectivity index (χ3n) is 4.37. The number of rotatable bonds is 5. The molecule has 1 fully saturated rings. The molecule has 1 aliphatic rings. The predicted molar refractivity (Wildman–Crippen MR) is 94.7 cm³/mol. The Morgan fingerprint density at radius 2 is 1.96 bits per heavy atom. The molecular weight excluding hydrogens is 386 g/mol. The number of nitrogens with zero attached hydrogens (tertiary/aromatic N) is 1. The van der Waals surface area contributed by atoms with E-state index in [1.165, 1.54) is 16.6 Å². The van der Waals surface area contributed by atoms with E-state index < -0.39 is 25.1 Å². The van der Waals surface area contributed by atoms with Gasteiger partial charge in [0, 0.05) is 18.1 Å². The minimum absolute atomic E-state index is 0.0582. The Kier molecular flexibility index (Phi) is 4.98. The Hall–Kier alpha value is -1.35. The van der Waals surface area contributed by atoms with Crippen LogP contribution in [0.3, 0.4) is 0 Å². The van der Waals surface area contributed by atoms with Gasteiger partial charge >= 0.3 is 0 Å². The zero-order valence-electron chi connectivity index (χ0n) is 13.6. The van der Waals surface area contributed by atoms with Crippen molar-refractivity contribution in [1.82, 2.24) is 4.31 Å². The molecule has 136 valence electrons. The van der Waals surface area contributed by atoms with E-state index in [1.807, 2.05) is 0 Å². The first-order valence-electron chi connectivity index (χ1n) is 7.71. The van der Waals surface area contributed by atoms with Crippen LogP contribution in [0.1, 0.15) is 17.7 Å². The van der Waals surface area contributed by atoms with E-state index in [0.29, 0.717) is 16.3 Å². The third kappa shape index (κ3) is 3.62. The maximum Gasteiger partial charge on any atom is 0.243 e. The number of benzene rings is 1. The Bertz CT molecular complexity index is 968. The van der Waals surface area contributed by atoms with Crippen molar-refractivity contribution in [2.75, 3.05) is 13.1 Å². The molecule has 0 aliphatic carbocycles. The summed E-state index contributed by atoms with van der Waals surface area (Å²) < 4.78 is 57.1. The quantitative estimate of drug-likeness (QED) is 0.766. The molecule has 2 aromatic rings. The van der Waals surface area contributed by atoms with Crippen LogP contribution in [-0.4, -0.2) is 39.5 Å². The molecule has 2 heterocycles. The Morgan fingerprint density at radius 3 is 2.64 bits per heavy atom. The lowest BCUT2D eigenvalue weighted by Crippen LogP contribution is -2.32. The number of sulfonamides is 1. The van der Waals surface area contributed by atoms with E-state index in [-0.39, 0.29) is 30.2 Å². The van der Waals surface area contributed by atoms with Crippen molar-refractivity contribution >= 4 is 31.5 Å². The summed E-state index contributed by atoms with van der Waals surface area (Å²) in [5, 5.41) is -0.380. The second kappa shape index (κ2) is 6.75. The van der Waals surface area contributed by atoms with Gasteiger partial charge in [0.1, 0.15) is 11.5 Å². The fourth-order valence-electron chi connectivity index (χ4n) is 2.93. The average molecular weight is 404 g/mol. The summed E-state index contributed by atoms with van der Waals surface area (Å²) in [6, 6.07) is 7.90. The van der Waals surface area contributed by atoms with Gasteiger partial charge in [-0.05, 0) is 43.2 Å². The van der Waals surface area contributed by atoms with Crippen molar-refractivity contribution in [2.24, 2.45) is 0 Å². The van der Waals surface area contributed by atoms with Crippen molar-refractivity contribution < 1.29 is 21.3 Å². The molecule has 0 N–H and O–H groups in total. The molecule has 1 aromatic carbocycles. The molecule has 0 radical (unpaired) electrons. The van der Waals surface area contributed by atoms with E-state index >= 15 is 0 Å². The molecule has 0 bridgehead atoms. The molecule has 1 aromatic heterocycles. The van der Waals surface area contributed by atoms with Crippen molar-refractivity contribution in [2.45, 2.75) is 29.2 Å². The van der Waals surface area contributed by atoms with Gasteiger partial charge in [-0.1, -0.05) is 17.7 Å². The largest absolute Gasteiger partial charge is 0.468 e. The molecule has 0 amide bonds. The van der Waals surface area contributed by atoms with Gasteiger partial charge in [-0.25, -0.2) is 16.8 Å². The third-order valence-corrected chi connectivity index (χ3v) is 8.88. The highest BCUT2D eigenvalue weighted by molar-refractivity contribution is 7.91. The van der Waals surface area contributed by atoms with Crippen LogP contribution >= 0.6 is 11.6 Å². The van der Waals surface area contributed by atoms with Gasteiger partial charge in [-0.15, -0.1) is 0 Å². The second-order valence-electron chi connectivity index (χ2n) is 6.02. The van der Waals surface area contributed by atoms with Crippen LogP contribution in [0, 0.1) is 6.92 Å². The van der Waals surface area contributed by atoms with Gasteiger partial charge in [0.05, 0.1) is 16.4 Å². The van der Waals surface area contributed by atoms with Crippen LogP contribution in [0.2, 0.25) is 5.02 Å². The second-order valence-corrected chi connectivity index (χ2v) is 10.6. The zero-order valence-corrected chi connectivity index (χ0v) is 15.9. The van der Waals surface area contributed by atoms with Crippen LogP contribution in [0.5, 0.6) is 0 Å². The number of hydrogen-bond acceptors (Lipinski definition) is 5. The van der Waals surface area contributed by atoms with Gasteiger partial charge in [-0.3, -0.25) is 0 Å². The van der Waals surface area contributed by atoms with Crippen molar-refractivity contribution in [3.05, 3.63) is 52.9 Å². The SMILES string of the molecule is Cc1c(Cl)cccc1S(=O)(=O)N1CC[C@H](S(=O)(=O)Cc2ccco2)C1. The molecule has 1 saturated heterocycles. The van der Waals surface area contributed by atoms with E-state index in [0.717, 1.165) is 0 Å². The van der Waals surface area contributed by atoms with Gasteiger partial charge in [-0.2, -0.15) is 4.31 Å². The summed E-state index contributed by atoms with van der Waals surface area (Å²) in [6.07, 6.45) is 1.68. The number of hydrogen-bond donors (Lipinski definition) is 0. The van der Waals surface area contributed by atoms with Crippen LogP contribution < -0.4 is 0 Å². The van der Waals surface area contributed by atoms with Crippen LogP contribution in [0.15, 0.2) is 45.9 Å². The summed E-state index contributed by atoms with van der Waals surface area (Å²) in [7, 11) is -7.29. The lowest BCUT2D eigenvalue weighted by molar-refractivity contribution is 0.475. The topological polar surface area (TPSA) is 84.7 Å². The lowest BCUT2D eigenvalue weighted by atomic mass is 10.2. The highest BCUT2D eigenvalue weighted by Gasteiger charge is 2.39.